The van der Waals surface area contributed by atoms with Gasteiger partial charge in [0.2, 0.25) is 5.78 Å². The summed E-state index contributed by atoms with van der Waals surface area (Å²) in [7, 11) is 0. The van der Waals surface area contributed by atoms with E-state index in [0.717, 1.165) is 40.7 Å². The predicted molar refractivity (Wildman–Crippen MR) is 123 cm³/mol. The van der Waals surface area contributed by atoms with E-state index in [1.807, 2.05) is 34.7 Å². The van der Waals surface area contributed by atoms with E-state index in [1.165, 1.54) is 16.6 Å². The van der Waals surface area contributed by atoms with E-state index in [9.17, 15) is 9.59 Å². The first-order valence-electron chi connectivity index (χ1n) is 10.4. The number of thioether (sulfide) groups is 1. The average Bonchev–Trinajstić information content (AvgIpc) is 3.36. The summed E-state index contributed by atoms with van der Waals surface area (Å²) in [6.45, 7) is 4.32. The topological polar surface area (TPSA) is 78.5 Å². The molecule has 0 radical (unpaired) electrons. The Kier molecular flexibility index (Phi) is 5.31. The quantitative estimate of drug-likeness (QED) is 0.332. The van der Waals surface area contributed by atoms with Gasteiger partial charge in [-0.1, -0.05) is 36.9 Å². The van der Waals surface area contributed by atoms with Gasteiger partial charge in [0.15, 0.2) is 5.16 Å². The zero-order chi connectivity index (χ0) is 21.5. The molecule has 3 aromatic heterocycles. The third-order valence-electron chi connectivity index (χ3n) is 5.61. The van der Waals surface area contributed by atoms with Crippen LogP contribution in [0.1, 0.15) is 43.0 Å². The van der Waals surface area contributed by atoms with Crippen molar-refractivity contribution in [3.05, 3.63) is 51.1 Å². The molecule has 0 saturated carbocycles. The molecular formula is C22H22N4O3S2. The normalized spacial score (nSPS) is 16.0. The molecule has 31 heavy (non-hydrogen) atoms. The first-order chi connectivity index (χ1) is 15.1. The molecule has 1 atom stereocenters. The van der Waals surface area contributed by atoms with Crippen LogP contribution in [-0.2, 0) is 16.0 Å². The van der Waals surface area contributed by atoms with E-state index in [0.29, 0.717) is 23.5 Å². The van der Waals surface area contributed by atoms with Crippen molar-refractivity contribution in [3.8, 4) is 5.69 Å². The maximum atomic E-state index is 13.8. The summed E-state index contributed by atoms with van der Waals surface area (Å²) in [6.07, 6.45) is 3.19. The van der Waals surface area contributed by atoms with Gasteiger partial charge in [0.1, 0.15) is 4.83 Å². The van der Waals surface area contributed by atoms with Gasteiger partial charge in [-0.3, -0.25) is 9.59 Å². The van der Waals surface area contributed by atoms with Crippen LogP contribution in [0.4, 0.5) is 0 Å². The minimum Gasteiger partial charge on any atom is -0.465 e. The van der Waals surface area contributed by atoms with Crippen molar-refractivity contribution in [2.45, 2.75) is 44.2 Å². The Bertz CT molecular complexity index is 1340. The van der Waals surface area contributed by atoms with Gasteiger partial charge < -0.3 is 4.74 Å². The molecule has 0 spiro atoms. The molecule has 160 valence electrons. The standard InChI is InChI=1S/C22H22N4O3S2/c1-3-29-16(27)12-30-22-24-23-21-25(14-9-5-4-6-10-14)19(28)18-17-13(2)8-7-11-15(17)31-20(18)26(21)22/h4-6,9-10,13H,3,7-8,11-12H2,1-2H3. The van der Waals surface area contributed by atoms with E-state index in [1.54, 1.807) is 22.8 Å². The molecule has 5 rings (SSSR count). The van der Waals surface area contributed by atoms with Gasteiger partial charge in [-0.25, -0.2) is 8.97 Å². The van der Waals surface area contributed by atoms with Crippen LogP contribution in [0.5, 0.6) is 0 Å². The van der Waals surface area contributed by atoms with Crippen molar-refractivity contribution in [3.63, 3.8) is 0 Å². The van der Waals surface area contributed by atoms with Crippen molar-refractivity contribution >= 4 is 45.1 Å². The van der Waals surface area contributed by atoms with E-state index in [-0.39, 0.29) is 17.3 Å². The molecule has 1 aliphatic rings. The summed E-state index contributed by atoms with van der Waals surface area (Å²) in [5, 5.41) is 10.0. The van der Waals surface area contributed by atoms with E-state index >= 15 is 0 Å². The predicted octanol–water partition coefficient (Wildman–Crippen LogP) is 4.19. The number of esters is 1. The lowest BCUT2D eigenvalue weighted by molar-refractivity contribution is -0.139. The van der Waals surface area contributed by atoms with Gasteiger partial charge in [-0.2, -0.15) is 0 Å². The molecule has 1 aromatic carbocycles. The maximum Gasteiger partial charge on any atom is 0.316 e. The summed E-state index contributed by atoms with van der Waals surface area (Å²) < 4.78 is 8.63. The van der Waals surface area contributed by atoms with Gasteiger partial charge in [-0.15, -0.1) is 21.5 Å². The van der Waals surface area contributed by atoms with Crippen LogP contribution in [-0.4, -0.2) is 37.5 Å². The number of aromatic nitrogens is 4. The number of hydrogen-bond acceptors (Lipinski definition) is 7. The highest BCUT2D eigenvalue weighted by molar-refractivity contribution is 7.99. The average molecular weight is 455 g/mol. The van der Waals surface area contributed by atoms with Crippen molar-refractivity contribution < 1.29 is 9.53 Å². The Morgan fingerprint density at radius 2 is 2.10 bits per heavy atom. The maximum absolute atomic E-state index is 13.8. The number of hydrogen-bond donors (Lipinski definition) is 0. The van der Waals surface area contributed by atoms with E-state index in [2.05, 4.69) is 17.1 Å². The van der Waals surface area contributed by atoms with Crippen LogP contribution in [0.3, 0.4) is 0 Å². The molecule has 0 saturated heterocycles. The lowest BCUT2D eigenvalue weighted by atomic mass is 9.88. The van der Waals surface area contributed by atoms with Gasteiger partial charge in [-0.05, 0) is 49.8 Å². The molecule has 7 nitrogen and oxygen atoms in total. The number of benzene rings is 1. The molecule has 4 aromatic rings. The largest absolute Gasteiger partial charge is 0.465 e. The number of ether oxygens (including phenoxy) is 1. The smallest absolute Gasteiger partial charge is 0.316 e. The Hall–Kier alpha value is -2.65. The number of carbonyl (C=O) groups excluding carboxylic acids is 1. The SMILES string of the molecule is CCOC(=O)CSc1nnc2n(-c3ccccc3)c(=O)c3c4c(sc3n12)CCCC4C. The number of rotatable bonds is 5. The second-order valence-electron chi connectivity index (χ2n) is 7.60. The molecule has 0 fully saturated rings. The summed E-state index contributed by atoms with van der Waals surface area (Å²) in [5.41, 5.74) is 1.85. The van der Waals surface area contributed by atoms with E-state index in [4.69, 9.17) is 4.74 Å². The fourth-order valence-corrected chi connectivity index (χ4v) is 6.52. The Labute approximate surface area is 187 Å². The molecule has 1 unspecified atom stereocenters. The Morgan fingerprint density at radius 3 is 2.87 bits per heavy atom. The fourth-order valence-electron chi connectivity index (χ4n) is 4.28. The van der Waals surface area contributed by atoms with Crippen LogP contribution >= 0.6 is 23.1 Å². The van der Waals surface area contributed by atoms with Crippen LogP contribution in [0.15, 0.2) is 40.3 Å². The minimum atomic E-state index is -0.295. The van der Waals surface area contributed by atoms with Crippen molar-refractivity contribution in [2.24, 2.45) is 0 Å². The summed E-state index contributed by atoms with van der Waals surface area (Å²) in [6, 6.07) is 9.52. The van der Waals surface area contributed by atoms with Gasteiger partial charge >= 0.3 is 5.97 Å². The highest BCUT2D eigenvalue weighted by Gasteiger charge is 2.28. The molecule has 9 heteroatoms. The lowest BCUT2D eigenvalue weighted by Crippen LogP contribution is -2.22. The first-order valence-corrected chi connectivity index (χ1v) is 12.2. The van der Waals surface area contributed by atoms with E-state index < -0.39 is 0 Å². The third kappa shape index (κ3) is 3.36. The zero-order valence-electron chi connectivity index (χ0n) is 17.3. The highest BCUT2D eigenvalue weighted by atomic mass is 32.2. The molecule has 1 aliphatic carbocycles. The number of nitrogens with zero attached hydrogens (tertiary/aromatic N) is 4. The third-order valence-corrected chi connectivity index (χ3v) is 7.77. The second-order valence-corrected chi connectivity index (χ2v) is 9.63. The Morgan fingerprint density at radius 1 is 1.29 bits per heavy atom. The number of carbonyl (C=O) groups is 1. The van der Waals surface area contributed by atoms with Crippen LogP contribution in [0.25, 0.3) is 21.7 Å². The zero-order valence-corrected chi connectivity index (χ0v) is 19.0. The summed E-state index contributed by atoms with van der Waals surface area (Å²) in [5.74, 6) is 0.638. The molecule has 0 N–H and O–H groups in total. The number of thiophene rings is 1. The minimum absolute atomic E-state index is 0.0608. The van der Waals surface area contributed by atoms with Crippen molar-refractivity contribution in [1.29, 1.82) is 0 Å². The number of para-hydroxylation sites is 1. The molecule has 0 aliphatic heterocycles. The molecular weight excluding hydrogens is 432 g/mol. The second kappa shape index (κ2) is 8.12. The summed E-state index contributed by atoms with van der Waals surface area (Å²) in [4.78, 5) is 27.9. The fraction of sp³-hybridized carbons (Fsp3) is 0.364. The summed E-state index contributed by atoms with van der Waals surface area (Å²) >= 11 is 2.94. The lowest BCUT2D eigenvalue weighted by Gasteiger charge is -2.18. The van der Waals surface area contributed by atoms with Crippen molar-refractivity contribution in [2.75, 3.05) is 12.4 Å². The Balaban J connectivity index is 1.80. The first kappa shape index (κ1) is 20.3. The molecule has 3 heterocycles. The van der Waals surface area contributed by atoms with Crippen LogP contribution in [0.2, 0.25) is 0 Å². The van der Waals surface area contributed by atoms with Crippen LogP contribution < -0.4 is 5.56 Å². The van der Waals surface area contributed by atoms with Crippen LogP contribution in [0, 0.1) is 0 Å². The highest BCUT2D eigenvalue weighted by Crippen LogP contribution is 2.41. The van der Waals surface area contributed by atoms with Gasteiger partial charge in [0.05, 0.1) is 23.4 Å². The van der Waals surface area contributed by atoms with Crippen molar-refractivity contribution in [1.82, 2.24) is 19.2 Å². The van der Waals surface area contributed by atoms with Gasteiger partial charge in [0, 0.05) is 4.88 Å². The number of aryl methyl sites for hydroxylation is 1. The van der Waals surface area contributed by atoms with Gasteiger partial charge in [0.25, 0.3) is 5.56 Å². The molecule has 0 bridgehead atoms. The number of fused-ring (bicyclic) bond motifs is 5. The molecule has 0 amide bonds. The monoisotopic (exact) mass is 454 g/mol.